The monoisotopic (exact) mass is 314 g/mol. The molecule has 0 aromatic carbocycles. The van der Waals surface area contributed by atoms with Gasteiger partial charge >= 0.3 is 6.09 Å². The van der Waals surface area contributed by atoms with Gasteiger partial charge in [-0.2, -0.15) is 0 Å². The Morgan fingerprint density at radius 3 is 2.48 bits per heavy atom. The minimum Gasteiger partial charge on any atom is -0.444 e. The normalized spacial score (nSPS) is 17.1. The van der Waals surface area contributed by atoms with Crippen LogP contribution in [-0.2, 0) is 4.74 Å². The van der Waals surface area contributed by atoms with E-state index in [0.29, 0.717) is 0 Å². The quantitative estimate of drug-likeness (QED) is 0.739. The number of hydrogen-bond acceptors (Lipinski definition) is 3. The molecule has 0 radical (unpaired) electrons. The lowest BCUT2D eigenvalue weighted by Gasteiger charge is -2.38. The predicted molar refractivity (Wildman–Crippen MR) is 90.9 cm³/mol. The standard InChI is InChI=1S/C19H26N2O2/c1-18(2,3)23-17(22)21-14-10-19(4,11-15-21)9-5-6-16-7-12-20-13-8-16/h7-8,12-13H,9-11,14-15H2,1-4H3. The van der Waals surface area contributed by atoms with E-state index in [4.69, 9.17) is 4.74 Å². The molecule has 0 saturated carbocycles. The summed E-state index contributed by atoms with van der Waals surface area (Å²) in [6, 6.07) is 3.83. The zero-order chi connectivity index (χ0) is 16.9. The van der Waals surface area contributed by atoms with Crippen LogP contribution < -0.4 is 0 Å². The van der Waals surface area contributed by atoms with Crippen LogP contribution in [0, 0.1) is 17.3 Å². The Bertz CT molecular complexity index is 585. The summed E-state index contributed by atoms with van der Waals surface area (Å²) < 4.78 is 5.44. The molecule has 0 aliphatic carbocycles. The Kier molecular flexibility index (Phi) is 5.30. The van der Waals surface area contributed by atoms with E-state index in [1.165, 1.54) is 0 Å². The van der Waals surface area contributed by atoms with Gasteiger partial charge in [0.05, 0.1) is 0 Å². The molecule has 2 heterocycles. The van der Waals surface area contributed by atoms with Crippen molar-refractivity contribution in [3.63, 3.8) is 0 Å². The van der Waals surface area contributed by atoms with Gasteiger partial charge in [-0.05, 0) is 51.2 Å². The Labute approximate surface area is 139 Å². The molecule has 124 valence electrons. The average Bonchev–Trinajstić information content (AvgIpc) is 2.47. The molecule has 23 heavy (non-hydrogen) atoms. The van der Waals surface area contributed by atoms with Crippen molar-refractivity contribution < 1.29 is 9.53 Å². The van der Waals surface area contributed by atoms with Crippen molar-refractivity contribution in [3.05, 3.63) is 30.1 Å². The molecular weight excluding hydrogens is 288 g/mol. The fraction of sp³-hybridized carbons (Fsp3) is 0.579. The number of carbonyl (C=O) groups excluding carboxylic acids is 1. The largest absolute Gasteiger partial charge is 0.444 e. The highest BCUT2D eigenvalue weighted by Gasteiger charge is 2.32. The first-order valence-electron chi connectivity index (χ1n) is 8.14. The molecule has 1 aliphatic heterocycles. The highest BCUT2D eigenvalue weighted by molar-refractivity contribution is 5.68. The molecule has 1 aliphatic rings. The lowest BCUT2D eigenvalue weighted by Crippen LogP contribution is -2.44. The van der Waals surface area contributed by atoms with Crippen molar-refractivity contribution >= 4 is 6.09 Å². The first kappa shape index (κ1) is 17.3. The maximum absolute atomic E-state index is 12.1. The second-order valence-corrected chi connectivity index (χ2v) is 7.49. The van der Waals surface area contributed by atoms with Gasteiger partial charge in [-0.1, -0.05) is 18.8 Å². The summed E-state index contributed by atoms with van der Waals surface area (Å²) >= 11 is 0. The summed E-state index contributed by atoms with van der Waals surface area (Å²) in [6.07, 6.45) is 6.06. The minimum absolute atomic E-state index is 0.165. The summed E-state index contributed by atoms with van der Waals surface area (Å²) in [7, 11) is 0. The third-order valence-corrected chi connectivity index (χ3v) is 4.05. The van der Waals surface area contributed by atoms with Crippen molar-refractivity contribution in [2.24, 2.45) is 5.41 Å². The van der Waals surface area contributed by atoms with Gasteiger partial charge in [-0.3, -0.25) is 4.98 Å². The molecule has 0 spiro atoms. The molecule has 2 rings (SSSR count). The van der Waals surface area contributed by atoms with E-state index in [9.17, 15) is 4.79 Å². The highest BCUT2D eigenvalue weighted by atomic mass is 16.6. The van der Waals surface area contributed by atoms with Crippen LogP contribution in [0.4, 0.5) is 4.79 Å². The second kappa shape index (κ2) is 7.04. The van der Waals surface area contributed by atoms with Gasteiger partial charge in [0.1, 0.15) is 5.60 Å². The van der Waals surface area contributed by atoms with Crippen LogP contribution in [0.3, 0.4) is 0 Å². The van der Waals surface area contributed by atoms with Crippen molar-refractivity contribution in [1.82, 2.24) is 9.88 Å². The number of likely N-dealkylation sites (tertiary alicyclic amines) is 1. The molecule has 1 saturated heterocycles. The van der Waals surface area contributed by atoms with Gasteiger partial charge in [0.15, 0.2) is 0 Å². The van der Waals surface area contributed by atoms with E-state index in [1.54, 1.807) is 12.4 Å². The van der Waals surface area contributed by atoms with Crippen LogP contribution in [0.1, 0.15) is 52.5 Å². The topological polar surface area (TPSA) is 42.4 Å². The number of aromatic nitrogens is 1. The molecule has 0 bridgehead atoms. The number of amides is 1. The molecule has 4 nitrogen and oxygen atoms in total. The van der Waals surface area contributed by atoms with Crippen LogP contribution in [0.25, 0.3) is 0 Å². The SMILES string of the molecule is CC1(CC#Cc2ccncc2)CCN(C(=O)OC(C)(C)C)CC1. The summed E-state index contributed by atoms with van der Waals surface area (Å²) in [6.45, 7) is 9.42. The number of pyridine rings is 1. The van der Waals surface area contributed by atoms with Gasteiger partial charge in [0.25, 0.3) is 0 Å². The van der Waals surface area contributed by atoms with E-state index in [2.05, 4.69) is 23.7 Å². The lowest BCUT2D eigenvalue weighted by molar-refractivity contribution is 0.0124. The molecular formula is C19H26N2O2. The van der Waals surface area contributed by atoms with Crippen molar-refractivity contribution in [3.8, 4) is 11.8 Å². The third-order valence-electron chi connectivity index (χ3n) is 4.05. The van der Waals surface area contributed by atoms with Gasteiger partial charge < -0.3 is 9.64 Å². The molecule has 0 N–H and O–H groups in total. The van der Waals surface area contributed by atoms with E-state index in [1.807, 2.05) is 37.8 Å². The van der Waals surface area contributed by atoms with Crippen LogP contribution in [0.15, 0.2) is 24.5 Å². The molecule has 0 atom stereocenters. The number of hydrogen-bond donors (Lipinski definition) is 0. The van der Waals surface area contributed by atoms with Gasteiger partial charge in [-0.25, -0.2) is 4.79 Å². The van der Waals surface area contributed by atoms with E-state index in [0.717, 1.165) is 37.9 Å². The molecule has 1 aromatic rings. The van der Waals surface area contributed by atoms with Crippen LogP contribution >= 0.6 is 0 Å². The van der Waals surface area contributed by atoms with E-state index >= 15 is 0 Å². The van der Waals surface area contributed by atoms with Crippen LogP contribution in [-0.4, -0.2) is 34.7 Å². The van der Waals surface area contributed by atoms with Crippen molar-refractivity contribution in [1.29, 1.82) is 0 Å². The number of nitrogens with zero attached hydrogens (tertiary/aromatic N) is 2. The summed E-state index contributed by atoms with van der Waals surface area (Å²) in [5.41, 5.74) is 0.724. The summed E-state index contributed by atoms with van der Waals surface area (Å²) in [5.74, 6) is 6.47. The zero-order valence-electron chi connectivity index (χ0n) is 14.6. The Hall–Kier alpha value is -2.02. The minimum atomic E-state index is -0.437. The van der Waals surface area contributed by atoms with Gasteiger partial charge in [-0.15, -0.1) is 0 Å². The highest BCUT2D eigenvalue weighted by Crippen LogP contribution is 2.34. The molecule has 1 fully saturated rings. The first-order chi connectivity index (χ1) is 10.8. The summed E-state index contributed by atoms with van der Waals surface area (Å²) in [5, 5.41) is 0. The van der Waals surface area contributed by atoms with Crippen LogP contribution in [0.2, 0.25) is 0 Å². The maximum Gasteiger partial charge on any atom is 0.410 e. The Balaban J connectivity index is 1.85. The zero-order valence-corrected chi connectivity index (χ0v) is 14.6. The third kappa shape index (κ3) is 5.59. The second-order valence-electron chi connectivity index (χ2n) is 7.49. The fourth-order valence-electron chi connectivity index (χ4n) is 2.53. The molecule has 1 aromatic heterocycles. The maximum atomic E-state index is 12.1. The predicted octanol–water partition coefficient (Wildman–Crippen LogP) is 3.86. The number of rotatable bonds is 1. The molecule has 0 unspecified atom stereocenters. The van der Waals surface area contributed by atoms with E-state index < -0.39 is 5.60 Å². The fourth-order valence-corrected chi connectivity index (χ4v) is 2.53. The average molecular weight is 314 g/mol. The Morgan fingerprint density at radius 2 is 1.91 bits per heavy atom. The summed E-state index contributed by atoms with van der Waals surface area (Å²) in [4.78, 5) is 17.9. The van der Waals surface area contributed by atoms with Gasteiger partial charge in [0, 0.05) is 37.5 Å². The van der Waals surface area contributed by atoms with Crippen molar-refractivity contribution in [2.45, 2.75) is 52.6 Å². The lowest BCUT2D eigenvalue weighted by atomic mass is 9.78. The number of piperidine rings is 1. The smallest absolute Gasteiger partial charge is 0.410 e. The number of ether oxygens (including phenoxy) is 1. The van der Waals surface area contributed by atoms with E-state index in [-0.39, 0.29) is 11.5 Å². The Morgan fingerprint density at radius 1 is 1.30 bits per heavy atom. The van der Waals surface area contributed by atoms with Crippen LogP contribution in [0.5, 0.6) is 0 Å². The number of carbonyl (C=O) groups is 1. The molecule has 1 amide bonds. The van der Waals surface area contributed by atoms with Crippen molar-refractivity contribution in [2.75, 3.05) is 13.1 Å². The van der Waals surface area contributed by atoms with Gasteiger partial charge in [0.2, 0.25) is 0 Å². The first-order valence-corrected chi connectivity index (χ1v) is 8.14. The molecule has 4 heteroatoms.